The van der Waals surface area contributed by atoms with E-state index in [0.717, 1.165) is 18.5 Å². The standard InChI is InChI=1S/C17H17N5O4S/c1-2-3-11-7-14(23)19-16-20-21-17(22(11)16)27-8-15(24)18-10-4-5-12-13(6-10)26-9-25-12/h4-7H,2-3,8-9H2,1H3,(H,18,24)(H,19,20,23). The molecule has 2 aromatic heterocycles. The summed E-state index contributed by atoms with van der Waals surface area (Å²) in [5.74, 6) is 1.62. The summed E-state index contributed by atoms with van der Waals surface area (Å²) in [6, 6.07) is 6.77. The van der Waals surface area contributed by atoms with Crippen LogP contribution in [0.2, 0.25) is 0 Å². The minimum atomic E-state index is -0.213. The summed E-state index contributed by atoms with van der Waals surface area (Å²) < 4.78 is 12.3. The monoisotopic (exact) mass is 387 g/mol. The Morgan fingerprint density at radius 2 is 2.15 bits per heavy atom. The molecule has 0 aliphatic carbocycles. The molecule has 0 fully saturated rings. The molecular formula is C17H17N5O4S. The maximum atomic E-state index is 12.3. The molecule has 1 aliphatic heterocycles. The van der Waals surface area contributed by atoms with E-state index in [1.54, 1.807) is 22.6 Å². The van der Waals surface area contributed by atoms with Crippen molar-refractivity contribution in [1.82, 2.24) is 19.6 Å². The first-order chi connectivity index (χ1) is 13.1. The van der Waals surface area contributed by atoms with Crippen LogP contribution in [0, 0.1) is 0 Å². The highest BCUT2D eigenvalue weighted by molar-refractivity contribution is 7.99. The van der Waals surface area contributed by atoms with E-state index in [9.17, 15) is 9.59 Å². The number of hydrogen-bond acceptors (Lipinski definition) is 7. The van der Waals surface area contributed by atoms with Gasteiger partial charge in [0.2, 0.25) is 18.5 Å². The fourth-order valence-electron chi connectivity index (χ4n) is 2.81. The molecule has 10 heteroatoms. The van der Waals surface area contributed by atoms with Gasteiger partial charge in [-0.3, -0.25) is 19.0 Å². The first kappa shape index (κ1) is 17.4. The van der Waals surface area contributed by atoms with Crippen LogP contribution in [0.5, 0.6) is 11.5 Å². The molecular weight excluding hydrogens is 370 g/mol. The smallest absolute Gasteiger partial charge is 0.252 e. The summed E-state index contributed by atoms with van der Waals surface area (Å²) in [5, 5.41) is 11.5. The topological polar surface area (TPSA) is 111 Å². The lowest BCUT2D eigenvalue weighted by molar-refractivity contribution is -0.113. The Kier molecular flexibility index (Phi) is 4.71. The highest BCUT2D eigenvalue weighted by atomic mass is 32.2. The molecule has 0 saturated carbocycles. The van der Waals surface area contributed by atoms with Crippen molar-refractivity contribution in [2.24, 2.45) is 0 Å². The minimum Gasteiger partial charge on any atom is -0.454 e. The van der Waals surface area contributed by atoms with Gasteiger partial charge in [-0.2, -0.15) is 0 Å². The van der Waals surface area contributed by atoms with Crippen LogP contribution >= 0.6 is 11.8 Å². The van der Waals surface area contributed by atoms with Crippen LogP contribution in [0.3, 0.4) is 0 Å². The molecule has 4 rings (SSSR count). The van der Waals surface area contributed by atoms with Crippen LogP contribution in [0.15, 0.2) is 34.2 Å². The number of H-pyrrole nitrogens is 1. The molecule has 2 N–H and O–H groups in total. The third-order valence-electron chi connectivity index (χ3n) is 3.95. The van der Waals surface area contributed by atoms with Gasteiger partial charge in [0.25, 0.3) is 5.56 Å². The van der Waals surface area contributed by atoms with Crippen LogP contribution in [0.25, 0.3) is 5.78 Å². The SMILES string of the molecule is CCCc1cc(=O)[nH]c2nnc(SCC(=O)Nc3ccc4c(c3)OCO4)n12. The Labute approximate surface area is 158 Å². The Balaban J connectivity index is 1.47. The Bertz CT molecular complexity index is 1060. The lowest BCUT2D eigenvalue weighted by Crippen LogP contribution is -2.15. The average molecular weight is 387 g/mol. The van der Waals surface area contributed by atoms with Gasteiger partial charge in [0.1, 0.15) is 0 Å². The van der Waals surface area contributed by atoms with Crippen LogP contribution in [0.1, 0.15) is 19.0 Å². The summed E-state index contributed by atoms with van der Waals surface area (Å²) in [6.07, 6.45) is 1.60. The van der Waals surface area contributed by atoms with E-state index in [1.165, 1.54) is 17.8 Å². The van der Waals surface area contributed by atoms with Crippen LogP contribution < -0.4 is 20.3 Å². The Morgan fingerprint density at radius 1 is 1.30 bits per heavy atom. The zero-order valence-electron chi connectivity index (χ0n) is 14.5. The van der Waals surface area contributed by atoms with Crippen LogP contribution in [0.4, 0.5) is 5.69 Å². The fourth-order valence-corrected chi connectivity index (χ4v) is 3.57. The van der Waals surface area contributed by atoms with Crippen molar-refractivity contribution in [1.29, 1.82) is 0 Å². The first-order valence-corrected chi connectivity index (χ1v) is 9.42. The largest absolute Gasteiger partial charge is 0.454 e. The summed E-state index contributed by atoms with van der Waals surface area (Å²) in [5.41, 5.74) is 1.24. The number of fused-ring (bicyclic) bond motifs is 2. The van der Waals surface area contributed by atoms with E-state index in [2.05, 4.69) is 20.5 Å². The van der Waals surface area contributed by atoms with Crippen molar-refractivity contribution >= 4 is 29.1 Å². The van der Waals surface area contributed by atoms with Gasteiger partial charge in [0, 0.05) is 23.5 Å². The lowest BCUT2D eigenvalue weighted by atomic mass is 10.2. The van der Waals surface area contributed by atoms with E-state index in [1.807, 2.05) is 6.92 Å². The predicted molar refractivity (Wildman–Crippen MR) is 99.5 cm³/mol. The number of aromatic nitrogens is 4. The molecule has 0 saturated heterocycles. The number of hydrogen-bond donors (Lipinski definition) is 2. The molecule has 1 aliphatic rings. The zero-order valence-corrected chi connectivity index (χ0v) is 15.3. The molecule has 1 amide bonds. The fraction of sp³-hybridized carbons (Fsp3) is 0.294. The highest BCUT2D eigenvalue weighted by Crippen LogP contribution is 2.34. The van der Waals surface area contributed by atoms with Gasteiger partial charge < -0.3 is 14.8 Å². The molecule has 9 nitrogen and oxygen atoms in total. The molecule has 1 aromatic carbocycles. The second-order valence-corrected chi connectivity index (χ2v) is 6.86. The quantitative estimate of drug-likeness (QED) is 0.621. The van der Waals surface area contributed by atoms with Gasteiger partial charge in [0.15, 0.2) is 16.7 Å². The Hall–Kier alpha value is -3.01. The number of carbonyl (C=O) groups excluding carboxylic acids is 1. The third kappa shape index (κ3) is 3.61. The number of thioether (sulfide) groups is 1. The van der Waals surface area contributed by atoms with Crippen molar-refractivity contribution in [3.63, 3.8) is 0 Å². The van der Waals surface area contributed by atoms with Crippen LogP contribution in [-0.2, 0) is 11.2 Å². The average Bonchev–Trinajstić information content (AvgIpc) is 3.26. The van der Waals surface area contributed by atoms with Gasteiger partial charge in [-0.05, 0) is 18.6 Å². The number of amides is 1. The number of aryl methyl sites for hydroxylation is 1. The molecule has 0 bridgehead atoms. The van der Waals surface area contributed by atoms with Crippen molar-refractivity contribution in [2.75, 3.05) is 17.9 Å². The van der Waals surface area contributed by atoms with Crippen molar-refractivity contribution in [3.05, 3.63) is 40.3 Å². The summed E-state index contributed by atoms with van der Waals surface area (Å²) >= 11 is 1.25. The highest BCUT2D eigenvalue weighted by Gasteiger charge is 2.16. The van der Waals surface area contributed by atoms with Crippen molar-refractivity contribution in [2.45, 2.75) is 24.9 Å². The normalized spacial score (nSPS) is 12.5. The number of rotatable bonds is 6. The Morgan fingerprint density at radius 3 is 3.00 bits per heavy atom. The number of nitrogens with zero attached hydrogens (tertiary/aromatic N) is 3. The van der Waals surface area contributed by atoms with Gasteiger partial charge >= 0.3 is 0 Å². The van der Waals surface area contributed by atoms with E-state index in [-0.39, 0.29) is 24.0 Å². The van der Waals surface area contributed by atoms with E-state index in [4.69, 9.17) is 9.47 Å². The van der Waals surface area contributed by atoms with Gasteiger partial charge in [-0.15, -0.1) is 10.2 Å². The maximum Gasteiger partial charge on any atom is 0.252 e. The van der Waals surface area contributed by atoms with Crippen LogP contribution in [-0.4, -0.2) is 38.0 Å². The number of aromatic amines is 1. The van der Waals surface area contributed by atoms with Gasteiger partial charge in [0.05, 0.1) is 5.75 Å². The molecule has 0 radical (unpaired) electrons. The molecule has 0 unspecified atom stereocenters. The summed E-state index contributed by atoms with van der Waals surface area (Å²) in [7, 11) is 0. The molecule has 0 spiro atoms. The zero-order chi connectivity index (χ0) is 18.8. The molecule has 3 heterocycles. The summed E-state index contributed by atoms with van der Waals surface area (Å²) in [4.78, 5) is 26.7. The number of nitrogens with one attached hydrogen (secondary N) is 2. The number of anilines is 1. The molecule has 27 heavy (non-hydrogen) atoms. The number of ether oxygens (including phenoxy) is 2. The van der Waals surface area contributed by atoms with Gasteiger partial charge in [-0.25, -0.2) is 0 Å². The first-order valence-electron chi connectivity index (χ1n) is 8.43. The van der Waals surface area contributed by atoms with E-state index >= 15 is 0 Å². The second-order valence-electron chi connectivity index (χ2n) is 5.92. The molecule has 3 aromatic rings. The van der Waals surface area contributed by atoms with Gasteiger partial charge in [-0.1, -0.05) is 25.1 Å². The lowest BCUT2D eigenvalue weighted by Gasteiger charge is -2.07. The van der Waals surface area contributed by atoms with Crippen molar-refractivity contribution in [3.8, 4) is 11.5 Å². The maximum absolute atomic E-state index is 12.3. The minimum absolute atomic E-state index is 0.153. The number of carbonyl (C=O) groups is 1. The van der Waals surface area contributed by atoms with E-state index < -0.39 is 0 Å². The summed E-state index contributed by atoms with van der Waals surface area (Å²) in [6.45, 7) is 2.22. The second kappa shape index (κ2) is 7.31. The van der Waals surface area contributed by atoms with Crippen molar-refractivity contribution < 1.29 is 14.3 Å². The molecule has 140 valence electrons. The molecule has 0 atom stereocenters. The number of benzene rings is 1. The predicted octanol–water partition coefficient (Wildman–Crippen LogP) is 1.83. The van der Waals surface area contributed by atoms with E-state index in [0.29, 0.717) is 28.1 Å². The third-order valence-corrected chi connectivity index (χ3v) is 4.88.